The van der Waals surface area contributed by atoms with Crippen LogP contribution in [0.2, 0.25) is 0 Å². The number of thiophene rings is 1. The van der Waals surface area contributed by atoms with Gasteiger partial charge in [-0.2, -0.15) is 5.26 Å². The SMILES string of the molecule is CC(=O)c1sc(N2CCC(CN(C)C)CC2)c(C#N)c1N. The predicted molar refractivity (Wildman–Crippen MR) is 86.9 cm³/mol. The Morgan fingerprint density at radius 1 is 1.48 bits per heavy atom. The van der Waals surface area contributed by atoms with Gasteiger partial charge in [0.05, 0.1) is 10.6 Å². The topological polar surface area (TPSA) is 73.4 Å². The largest absolute Gasteiger partial charge is 0.396 e. The fraction of sp³-hybridized carbons (Fsp3) is 0.600. The summed E-state index contributed by atoms with van der Waals surface area (Å²) in [6.45, 7) is 4.44. The number of Topliss-reactive ketones (excluding diaryl/α,β-unsaturated/α-hetero) is 1. The first-order valence-electron chi connectivity index (χ1n) is 7.17. The Labute approximate surface area is 129 Å². The Morgan fingerprint density at radius 3 is 2.57 bits per heavy atom. The molecule has 0 amide bonds. The van der Waals surface area contributed by atoms with Crippen LogP contribution < -0.4 is 10.6 Å². The average Bonchev–Trinajstić information content (AvgIpc) is 2.76. The molecule has 0 atom stereocenters. The molecule has 1 aromatic heterocycles. The molecule has 1 fully saturated rings. The molecule has 1 aliphatic rings. The highest BCUT2D eigenvalue weighted by Gasteiger charge is 2.26. The maximum Gasteiger partial charge on any atom is 0.171 e. The first-order valence-corrected chi connectivity index (χ1v) is 7.98. The van der Waals surface area contributed by atoms with Gasteiger partial charge in [-0.1, -0.05) is 0 Å². The predicted octanol–water partition coefficient (Wildman–Crippen LogP) is 2.18. The maximum absolute atomic E-state index is 11.6. The lowest BCUT2D eigenvalue weighted by atomic mass is 9.96. The van der Waals surface area contributed by atoms with E-state index in [0.29, 0.717) is 22.0 Å². The van der Waals surface area contributed by atoms with Gasteiger partial charge in [0.2, 0.25) is 0 Å². The highest BCUT2D eigenvalue weighted by Crippen LogP contribution is 2.39. The molecule has 5 nitrogen and oxygen atoms in total. The fourth-order valence-electron chi connectivity index (χ4n) is 2.86. The molecule has 1 saturated heterocycles. The highest BCUT2D eigenvalue weighted by atomic mass is 32.1. The van der Waals surface area contributed by atoms with Crippen LogP contribution in [0.15, 0.2) is 0 Å². The van der Waals surface area contributed by atoms with Crippen molar-refractivity contribution in [2.75, 3.05) is 44.4 Å². The number of rotatable bonds is 4. The Morgan fingerprint density at radius 2 is 2.10 bits per heavy atom. The lowest BCUT2D eigenvalue weighted by molar-refractivity contribution is 0.102. The van der Waals surface area contributed by atoms with E-state index in [2.05, 4.69) is 30.0 Å². The number of ketones is 1. The third kappa shape index (κ3) is 3.36. The van der Waals surface area contributed by atoms with Gasteiger partial charge in [0, 0.05) is 26.6 Å². The monoisotopic (exact) mass is 306 g/mol. The number of piperidine rings is 1. The number of anilines is 2. The molecule has 1 aromatic rings. The van der Waals surface area contributed by atoms with Crippen molar-refractivity contribution in [3.05, 3.63) is 10.4 Å². The standard InChI is InChI=1S/C15H22N4OS/c1-10(20)14-13(17)12(8-16)15(21-14)19-6-4-11(5-7-19)9-18(2)3/h11H,4-7,9,17H2,1-3H3. The minimum Gasteiger partial charge on any atom is -0.396 e. The van der Waals surface area contributed by atoms with E-state index in [1.54, 1.807) is 0 Å². The van der Waals surface area contributed by atoms with E-state index in [1.165, 1.54) is 18.3 Å². The molecule has 2 heterocycles. The second-order valence-electron chi connectivity index (χ2n) is 5.89. The summed E-state index contributed by atoms with van der Waals surface area (Å²) >= 11 is 1.36. The molecular formula is C15H22N4OS. The molecule has 0 aliphatic carbocycles. The van der Waals surface area contributed by atoms with Crippen LogP contribution in [0.5, 0.6) is 0 Å². The zero-order valence-electron chi connectivity index (χ0n) is 12.8. The zero-order valence-corrected chi connectivity index (χ0v) is 13.7. The van der Waals surface area contributed by atoms with Crippen LogP contribution in [-0.2, 0) is 0 Å². The summed E-state index contributed by atoms with van der Waals surface area (Å²) in [5.41, 5.74) is 6.77. The summed E-state index contributed by atoms with van der Waals surface area (Å²) in [4.78, 5) is 16.5. The van der Waals surface area contributed by atoms with Crippen LogP contribution >= 0.6 is 11.3 Å². The molecule has 2 N–H and O–H groups in total. The second kappa shape index (κ2) is 6.46. The molecule has 0 saturated carbocycles. The van der Waals surface area contributed by atoms with E-state index < -0.39 is 0 Å². The Balaban J connectivity index is 2.15. The lowest BCUT2D eigenvalue weighted by Crippen LogP contribution is -2.37. The van der Waals surface area contributed by atoms with Crippen LogP contribution in [0, 0.1) is 17.2 Å². The van der Waals surface area contributed by atoms with E-state index in [-0.39, 0.29) is 5.78 Å². The third-order valence-electron chi connectivity index (χ3n) is 3.88. The van der Waals surface area contributed by atoms with Gasteiger partial charge in [0.15, 0.2) is 5.78 Å². The molecule has 114 valence electrons. The molecule has 0 radical (unpaired) electrons. The van der Waals surface area contributed by atoms with Crippen LogP contribution in [0.3, 0.4) is 0 Å². The number of carbonyl (C=O) groups excluding carboxylic acids is 1. The van der Waals surface area contributed by atoms with Gasteiger partial charge in [0.1, 0.15) is 16.6 Å². The molecule has 1 aliphatic heterocycles. The summed E-state index contributed by atoms with van der Waals surface area (Å²) < 4.78 is 0. The normalized spacial score (nSPS) is 16.2. The molecule has 0 bridgehead atoms. The van der Waals surface area contributed by atoms with Gasteiger partial charge >= 0.3 is 0 Å². The van der Waals surface area contributed by atoms with E-state index in [0.717, 1.165) is 37.5 Å². The summed E-state index contributed by atoms with van der Waals surface area (Å²) in [5.74, 6) is 0.633. The molecule has 21 heavy (non-hydrogen) atoms. The first-order chi connectivity index (χ1) is 9.93. The quantitative estimate of drug-likeness (QED) is 0.863. The van der Waals surface area contributed by atoms with Gasteiger partial charge in [-0.3, -0.25) is 4.79 Å². The first kappa shape index (κ1) is 15.8. The molecule has 2 rings (SSSR count). The lowest BCUT2D eigenvalue weighted by Gasteiger charge is -2.34. The van der Waals surface area contributed by atoms with Crippen LogP contribution in [0.25, 0.3) is 0 Å². The van der Waals surface area contributed by atoms with E-state index in [1.807, 2.05) is 0 Å². The number of carbonyl (C=O) groups is 1. The van der Waals surface area contributed by atoms with E-state index in [9.17, 15) is 10.1 Å². The summed E-state index contributed by atoms with van der Waals surface area (Å²) in [6.07, 6.45) is 2.21. The van der Waals surface area contributed by atoms with Crippen LogP contribution in [0.1, 0.15) is 35.0 Å². The van der Waals surface area contributed by atoms with Crippen molar-refractivity contribution in [3.63, 3.8) is 0 Å². The third-order valence-corrected chi connectivity index (χ3v) is 5.25. The fourth-order valence-corrected chi connectivity index (χ4v) is 3.98. The maximum atomic E-state index is 11.6. The second-order valence-corrected chi connectivity index (χ2v) is 6.88. The van der Waals surface area contributed by atoms with Crippen molar-refractivity contribution in [3.8, 4) is 6.07 Å². The molecule has 0 aromatic carbocycles. The number of nitrogen functional groups attached to an aromatic ring is 1. The Kier molecular flexibility index (Phi) is 4.86. The Hall–Kier alpha value is -1.58. The van der Waals surface area contributed by atoms with Crippen molar-refractivity contribution >= 4 is 27.8 Å². The van der Waals surface area contributed by atoms with Crippen molar-refractivity contribution in [2.24, 2.45) is 5.92 Å². The highest BCUT2D eigenvalue weighted by molar-refractivity contribution is 7.19. The number of hydrogen-bond donors (Lipinski definition) is 1. The van der Waals surface area contributed by atoms with Crippen molar-refractivity contribution in [2.45, 2.75) is 19.8 Å². The number of nitriles is 1. The Bertz CT molecular complexity index is 565. The van der Waals surface area contributed by atoms with E-state index >= 15 is 0 Å². The van der Waals surface area contributed by atoms with Crippen molar-refractivity contribution < 1.29 is 4.79 Å². The van der Waals surface area contributed by atoms with E-state index in [4.69, 9.17) is 5.73 Å². The summed E-state index contributed by atoms with van der Waals surface area (Å²) in [6, 6.07) is 2.16. The van der Waals surface area contributed by atoms with Gasteiger partial charge in [-0.25, -0.2) is 0 Å². The molecule has 0 spiro atoms. The number of nitrogens with two attached hydrogens (primary N) is 1. The van der Waals surface area contributed by atoms with Crippen molar-refractivity contribution in [1.82, 2.24) is 4.90 Å². The average molecular weight is 306 g/mol. The van der Waals surface area contributed by atoms with Gasteiger partial charge in [0.25, 0.3) is 0 Å². The van der Waals surface area contributed by atoms with Crippen LogP contribution in [0.4, 0.5) is 10.7 Å². The van der Waals surface area contributed by atoms with Gasteiger partial charge in [-0.05, 0) is 32.9 Å². The zero-order chi connectivity index (χ0) is 15.6. The summed E-state index contributed by atoms with van der Waals surface area (Å²) in [5, 5.41) is 10.2. The van der Waals surface area contributed by atoms with Gasteiger partial charge < -0.3 is 15.5 Å². The number of nitrogens with zero attached hydrogens (tertiary/aromatic N) is 3. The minimum absolute atomic E-state index is 0.0669. The smallest absolute Gasteiger partial charge is 0.171 e. The molecule has 0 unspecified atom stereocenters. The number of hydrogen-bond acceptors (Lipinski definition) is 6. The molecular weight excluding hydrogens is 284 g/mol. The molecule has 6 heteroatoms. The van der Waals surface area contributed by atoms with Gasteiger partial charge in [-0.15, -0.1) is 11.3 Å². The van der Waals surface area contributed by atoms with Crippen LogP contribution in [-0.4, -0.2) is 44.4 Å². The minimum atomic E-state index is -0.0669. The summed E-state index contributed by atoms with van der Waals surface area (Å²) in [7, 11) is 4.19. The van der Waals surface area contributed by atoms with Crippen molar-refractivity contribution in [1.29, 1.82) is 5.26 Å².